The third-order valence-corrected chi connectivity index (χ3v) is 3.32. The maximum atomic E-state index is 12.2. The normalized spacial score (nSPS) is 10.5. The van der Waals surface area contributed by atoms with Crippen LogP contribution in [0.15, 0.2) is 60.3 Å². The summed E-state index contributed by atoms with van der Waals surface area (Å²) in [5, 5.41) is 23.2. The van der Waals surface area contributed by atoms with Crippen molar-refractivity contribution < 1.29 is 19.5 Å². The lowest BCUT2D eigenvalue weighted by Crippen LogP contribution is -2.16. The highest BCUT2D eigenvalue weighted by Gasteiger charge is 2.11. The van der Waals surface area contributed by atoms with Gasteiger partial charge >= 0.3 is 5.97 Å². The minimum Gasteiger partial charge on any atom is -0.478 e. The number of nitrogens with zero attached hydrogens (tertiary/aromatic N) is 1. The van der Waals surface area contributed by atoms with Gasteiger partial charge in [-0.1, -0.05) is 12.1 Å². The first-order valence-corrected chi connectivity index (χ1v) is 7.32. The Labute approximate surface area is 148 Å². The number of hydrogen-bond donors (Lipinski definition) is 4. The minimum absolute atomic E-state index is 0.0729. The van der Waals surface area contributed by atoms with Crippen molar-refractivity contribution in [2.24, 2.45) is 5.73 Å². The van der Waals surface area contributed by atoms with Crippen molar-refractivity contribution in [3.05, 3.63) is 71.4 Å². The Bertz CT molecular complexity index is 927. The van der Waals surface area contributed by atoms with Crippen LogP contribution in [0.4, 0.5) is 11.4 Å². The number of carbonyl (C=O) groups excluding carboxylic acids is 2. The second-order valence-corrected chi connectivity index (χ2v) is 5.06. The minimum atomic E-state index is -1.09. The molecule has 0 bridgehead atoms. The summed E-state index contributed by atoms with van der Waals surface area (Å²) in [5.41, 5.74) is 5.99. The first kappa shape index (κ1) is 18.2. The van der Waals surface area contributed by atoms with Gasteiger partial charge in [-0.05, 0) is 36.4 Å². The summed E-state index contributed by atoms with van der Waals surface area (Å²) in [7, 11) is 0. The van der Waals surface area contributed by atoms with E-state index >= 15 is 0 Å². The van der Waals surface area contributed by atoms with E-state index in [0.29, 0.717) is 11.4 Å². The summed E-state index contributed by atoms with van der Waals surface area (Å²) in [5.74, 6) is -2.43. The largest absolute Gasteiger partial charge is 0.478 e. The summed E-state index contributed by atoms with van der Waals surface area (Å²) in [6.07, 6.45) is 1.16. The van der Waals surface area contributed by atoms with Crippen LogP contribution in [0.25, 0.3) is 0 Å². The number of carboxylic acid groups (broad SMARTS) is 1. The Kier molecular flexibility index (Phi) is 5.69. The number of nitriles is 1. The van der Waals surface area contributed by atoms with Crippen LogP contribution in [-0.2, 0) is 4.79 Å². The average Bonchev–Trinajstić information content (AvgIpc) is 2.63. The lowest BCUT2D eigenvalue weighted by molar-refractivity contribution is -0.112. The predicted octanol–water partition coefficient (Wildman–Crippen LogP) is 1.94. The van der Waals surface area contributed by atoms with Crippen LogP contribution in [0.3, 0.4) is 0 Å². The molecule has 0 aliphatic carbocycles. The number of nitrogens with one attached hydrogen (secondary N) is 2. The highest BCUT2D eigenvalue weighted by atomic mass is 16.4. The molecule has 2 rings (SSSR count). The molecule has 0 aromatic heterocycles. The van der Waals surface area contributed by atoms with Crippen molar-refractivity contribution in [2.75, 3.05) is 10.6 Å². The third kappa shape index (κ3) is 4.46. The molecule has 0 spiro atoms. The maximum Gasteiger partial charge on any atom is 0.335 e. The van der Waals surface area contributed by atoms with E-state index in [9.17, 15) is 14.4 Å². The van der Waals surface area contributed by atoms with E-state index in [1.165, 1.54) is 30.3 Å². The van der Waals surface area contributed by atoms with Crippen molar-refractivity contribution in [1.82, 2.24) is 0 Å². The van der Waals surface area contributed by atoms with Gasteiger partial charge < -0.3 is 21.5 Å². The monoisotopic (exact) mass is 350 g/mol. The van der Waals surface area contributed by atoms with Gasteiger partial charge in [0, 0.05) is 11.9 Å². The zero-order chi connectivity index (χ0) is 19.1. The number of aromatic carboxylic acids is 1. The Balaban J connectivity index is 2.14. The fourth-order valence-corrected chi connectivity index (χ4v) is 2.02. The molecule has 8 nitrogen and oxygen atoms in total. The molecule has 0 heterocycles. The molecule has 0 unspecified atom stereocenters. The highest BCUT2D eigenvalue weighted by Crippen LogP contribution is 2.15. The summed E-state index contributed by atoms with van der Waals surface area (Å²) < 4.78 is 0. The van der Waals surface area contributed by atoms with E-state index in [-0.39, 0.29) is 16.7 Å². The molecule has 0 aliphatic heterocycles. The topological polar surface area (TPSA) is 145 Å². The molecular weight excluding hydrogens is 336 g/mol. The van der Waals surface area contributed by atoms with Crippen LogP contribution < -0.4 is 16.4 Å². The molecule has 2 aromatic rings. The van der Waals surface area contributed by atoms with Crippen molar-refractivity contribution in [2.45, 2.75) is 0 Å². The number of amides is 2. The van der Waals surface area contributed by atoms with Gasteiger partial charge in [-0.2, -0.15) is 5.26 Å². The first-order valence-electron chi connectivity index (χ1n) is 7.32. The molecule has 0 radical (unpaired) electrons. The highest BCUT2D eigenvalue weighted by molar-refractivity contribution is 6.07. The van der Waals surface area contributed by atoms with Gasteiger partial charge in [0.2, 0.25) is 0 Å². The molecule has 26 heavy (non-hydrogen) atoms. The van der Waals surface area contributed by atoms with E-state index in [2.05, 4.69) is 10.6 Å². The molecular formula is C18H14N4O4. The van der Waals surface area contributed by atoms with E-state index in [0.717, 1.165) is 6.20 Å². The van der Waals surface area contributed by atoms with Gasteiger partial charge in [0.1, 0.15) is 11.6 Å². The van der Waals surface area contributed by atoms with Crippen molar-refractivity contribution in [3.8, 4) is 6.07 Å². The van der Waals surface area contributed by atoms with Gasteiger partial charge in [0.15, 0.2) is 0 Å². The second-order valence-electron chi connectivity index (χ2n) is 5.06. The van der Waals surface area contributed by atoms with E-state index in [1.807, 2.05) is 0 Å². The lowest BCUT2D eigenvalue weighted by Gasteiger charge is -2.07. The van der Waals surface area contributed by atoms with Crippen molar-refractivity contribution >= 4 is 29.2 Å². The van der Waals surface area contributed by atoms with Crippen LogP contribution >= 0.6 is 0 Å². The quantitative estimate of drug-likeness (QED) is 0.463. The SMILES string of the molecule is N#C/C(=C/Nc1ccccc1C(N)=O)C(=O)Nc1ccc(C(=O)O)cc1. The number of carboxylic acids is 1. The number of nitrogens with two attached hydrogens (primary N) is 1. The van der Waals surface area contributed by atoms with Gasteiger partial charge in [0.25, 0.3) is 11.8 Å². The molecule has 0 saturated carbocycles. The number of rotatable bonds is 6. The average molecular weight is 350 g/mol. The molecule has 0 atom stereocenters. The van der Waals surface area contributed by atoms with E-state index < -0.39 is 17.8 Å². The fourth-order valence-electron chi connectivity index (χ4n) is 2.02. The third-order valence-electron chi connectivity index (χ3n) is 3.32. The summed E-state index contributed by atoms with van der Waals surface area (Å²) in [6, 6.07) is 13.6. The van der Waals surface area contributed by atoms with Crippen LogP contribution in [0.1, 0.15) is 20.7 Å². The molecule has 130 valence electrons. The van der Waals surface area contributed by atoms with Crippen LogP contribution in [-0.4, -0.2) is 22.9 Å². The molecule has 2 aromatic carbocycles. The molecule has 0 fully saturated rings. The van der Waals surface area contributed by atoms with Crippen molar-refractivity contribution in [3.63, 3.8) is 0 Å². The Hall–Kier alpha value is -4.12. The lowest BCUT2D eigenvalue weighted by atomic mass is 10.1. The number of anilines is 2. The second kappa shape index (κ2) is 8.12. The summed E-state index contributed by atoms with van der Waals surface area (Å²) in [6.45, 7) is 0. The molecule has 0 aliphatic rings. The molecule has 8 heteroatoms. The number of para-hydroxylation sites is 1. The Morgan fingerprint density at radius 3 is 2.31 bits per heavy atom. The first-order chi connectivity index (χ1) is 12.4. The van der Waals surface area contributed by atoms with Crippen molar-refractivity contribution in [1.29, 1.82) is 5.26 Å². The zero-order valence-electron chi connectivity index (χ0n) is 13.4. The summed E-state index contributed by atoms with van der Waals surface area (Å²) in [4.78, 5) is 34.3. The Morgan fingerprint density at radius 1 is 1.08 bits per heavy atom. The van der Waals surface area contributed by atoms with Gasteiger partial charge in [0.05, 0.1) is 16.8 Å². The number of benzene rings is 2. The number of carbonyl (C=O) groups is 3. The fraction of sp³-hybridized carbons (Fsp3) is 0. The number of hydrogen-bond acceptors (Lipinski definition) is 5. The van der Waals surface area contributed by atoms with Gasteiger partial charge in [-0.15, -0.1) is 0 Å². The Morgan fingerprint density at radius 2 is 1.73 bits per heavy atom. The van der Waals surface area contributed by atoms with Gasteiger partial charge in [-0.3, -0.25) is 9.59 Å². The van der Waals surface area contributed by atoms with Crippen LogP contribution in [0, 0.1) is 11.3 Å². The zero-order valence-corrected chi connectivity index (χ0v) is 13.4. The predicted molar refractivity (Wildman–Crippen MR) is 94.3 cm³/mol. The molecule has 5 N–H and O–H groups in total. The van der Waals surface area contributed by atoms with E-state index in [4.69, 9.17) is 16.1 Å². The number of primary amides is 1. The van der Waals surface area contributed by atoms with Crippen LogP contribution in [0.2, 0.25) is 0 Å². The van der Waals surface area contributed by atoms with E-state index in [1.54, 1.807) is 24.3 Å². The standard InChI is InChI=1S/C18H14N4O4/c19-9-12(10-21-15-4-2-1-3-14(15)16(20)23)17(24)22-13-7-5-11(6-8-13)18(25)26/h1-8,10,21H,(H2,20,23)(H,22,24)(H,25,26)/b12-10-. The maximum absolute atomic E-state index is 12.2. The van der Waals surface area contributed by atoms with Gasteiger partial charge in [-0.25, -0.2) is 4.79 Å². The van der Waals surface area contributed by atoms with Crippen LogP contribution in [0.5, 0.6) is 0 Å². The molecule has 2 amide bonds. The smallest absolute Gasteiger partial charge is 0.335 e. The summed E-state index contributed by atoms with van der Waals surface area (Å²) >= 11 is 0. The molecule has 0 saturated heterocycles.